The normalized spacial score (nSPS) is 12.5. The van der Waals surface area contributed by atoms with Crippen molar-refractivity contribution in [2.24, 2.45) is 11.8 Å². The highest BCUT2D eigenvalue weighted by Crippen LogP contribution is 2.07. The van der Waals surface area contributed by atoms with Crippen LogP contribution in [0.15, 0.2) is 17.4 Å². The lowest BCUT2D eigenvalue weighted by atomic mass is 10.0. The van der Waals surface area contributed by atoms with E-state index in [1.54, 1.807) is 0 Å². The van der Waals surface area contributed by atoms with E-state index in [1.807, 2.05) is 0 Å². The Bertz CT molecular complexity index is 157. The van der Waals surface area contributed by atoms with Crippen LogP contribution < -0.4 is 0 Å². The van der Waals surface area contributed by atoms with E-state index in [0.717, 1.165) is 0 Å². The van der Waals surface area contributed by atoms with Crippen molar-refractivity contribution in [1.82, 2.24) is 0 Å². The van der Waals surface area contributed by atoms with E-state index in [2.05, 4.69) is 46.4 Å². The summed E-state index contributed by atoms with van der Waals surface area (Å²) >= 11 is 0. The van der Waals surface area contributed by atoms with Gasteiger partial charge in [-0.15, -0.1) is 5.73 Å². The molecule has 0 aliphatic rings. The summed E-state index contributed by atoms with van der Waals surface area (Å²) in [5.41, 5.74) is 4.68. The van der Waals surface area contributed by atoms with Crippen molar-refractivity contribution >= 4 is 0 Å². The molecule has 0 amide bonds. The van der Waals surface area contributed by atoms with Gasteiger partial charge in [-0.2, -0.15) is 0 Å². The van der Waals surface area contributed by atoms with Gasteiger partial charge in [0.25, 0.3) is 0 Å². The molecule has 0 nitrogen and oxygen atoms in total. The highest BCUT2D eigenvalue weighted by Gasteiger charge is 1.93. The molecule has 0 radical (unpaired) electrons. The van der Waals surface area contributed by atoms with Crippen molar-refractivity contribution in [2.45, 2.75) is 41.0 Å². The van der Waals surface area contributed by atoms with Crippen LogP contribution in [0.5, 0.6) is 0 Å². The standard InChI is InChI=1S/C11H20/c1-6-10(4)7-8-11(5)9(2)3/h7,9-10H,6H2,1-5H3. The maximum absolute atomic E-state index is 3.32. The SMILES string of the molecule is CCC(C)C=C=C(C)C(C)C. The summed E-state index contributed by atoms with van der Waals surface area (Å²) in [6, 6.07) is 0. The van der Waals surface area contributed by atoms with Crippen LogP contribution in [0, 0.1) is 11.8 Å². The van der Waals surface area contributed by atoms with Crippen LogP contribution in [0.2, 0.25) is 0 Å². The molecule has 0 N–H and O–H groups in total. The van der Waals surface area contributed by atoms with E-state index < -0.39 is 0 Å². The molecule has 11 heavy (non-hydrogen) atoms. The Hall–Kier alpha value is -0.480. The molecule has 0 aromatic heterocycles. The number of rotatable bonds is 3. The zero-order valence-corrected chi connectivity index (χ0v) is 8.44. The Morgan fingerprint density at radius 1 is 1.36 bits per heavy atom. The van der Waals surface area contributed by atoms with E-state index in [1.165, 1.54) is 12.0 Å². The molecule has 0 saturated heterocycles. The second kappa shape index (κ2) is 5.21. The van der Waals surface area contributed by atoms with Gasteiger partial charge in [0.1, 0.15) is 0 Å². The molecule has 0 heterocycles. The molecule has 64 valence electrons. The minimum atomic E-state index is 0.635. The smallest absolute Gasteiger partial charge is 0.0187 e. The van der Waals surface area contributed by atoms with Crippen molar-refractivity contribution in [3.8, 4) is 0 Å². The van der Waals surface area contributed by atoms with Crippen LogP contribution in [0.25, 0.3) is 0 Å². The predicted molar refractivity (Wildman–Crippen MR) is 51.6 cm³/mol. The number of allylic oxidation sites excluding steroid dienone is 1. The van der Waals surface area contributed by atoms with Gasteiger partial charge >= 0.3 is 0 Å². The van der Waals surface area contributed by atoms with Crippen molar-refractivity contribution in [1.29, 1.82) is 0 Å². The first-order chi connectivity index (χ1) is 5.07. The van der Waals surface area contributed by atoms with E-state index in [4.69, 9.17) is 0 Å². The lowest BCUT2D eigenvalue weighted by Gasteiger charge is -2.01. The van der Waals surface area contributed by atoms with Crippen molar-refractivity contribution < 1.29 is 0 Å². The highest BCUT2D eigenvalue weighted by molar-refractivity contribution is 5.01. The van der Waals surface area contributed by atoms with E-state index >= 15 is 0 Å². The van der Waals surface area contributed by atoms with Crippen LogP contribution in [-0.2, 0) is 0 Å². The monoisotopic (exact) mass is 152 g/mol. The summed E-state index contributed by atoms with van der Waals surface area (Å²) in [6.07, 6.45) is 3.38. The summed E-state index contributed by atoms with van der Waals surface area (Å²) in [7, 11) is 0. The molecule has 0 fully saturated rings. The van der Waals surface area contributed by atoms with Gasteiger partial charge in [-0.05, 0) is 36.8 Å². The topological polar surface area (TPSA) is 0 Å². The lowest BCUT2D eigenvalue weighted by Crippen LogP contribution is -1.87. The van der Waals surface area contributed by atoms with Crippen LogP contribution in [-0.4, -0.2) is 0 Å². The Kier molecular flexibility index (Phi) is 4.98. The van der Waals surface area contributed by atoms with E-state index in [9.17, 15) is 0 Å². The van der Waals surface area contributed by atoms with Gasteiger partial charge < -0.3 is 0 Å². The fourth-order valence-corrected chi connectivity index (χ4v) is 0.558. The van der Waals surface area contributed by atoms with Crippen molar-refractivity contribution in [3.05, 3.63) is 17.4 Å². The van der Waals surface area contributed by atoms with Crippen molar-refractivity contribution in [2.75, 3.05) is 0 Å². The Labute approximate surface area is 71.0 Å². The van der Waals surface area contributed by atoms with Gasteiger partial charge in [-0.1, -0.05) is 27.7 Å². The second-order valence-electron chi connectivity index (χ2n) is 3.53. The number of hydrogen-bond acceptors (Lipinski definition) is 0. The van der Waals surface area contributed by atoms with Crippen LogP contribution in [0.1, 0.15) is 41.0 Å². The first-order valence-electron chi connectivity index (χ1n) is 4.51. The average Bonchev–Trinajstić information content (AvgIpc) is 1.99. The molecule has 0 aromatic carbocycles. The van der Waals surface area contributed by atoms with Crippen LogP contribution in [0.3, 0.4) is 0 Å². The number of hydrogen-bond donors (Lipinski definition) is 0. The molecule has 0 saturated carbocycles. The van der Waals surface area contributed by atoms with Gasteiger partial charge in [0.05, 0.1) is 0 Å². The largest absolute Gasteiger partial charge is 0.126 e. The minimum absolute atomic E-state index is 0.635. The van der Waals surface area contributed by atoms with Crippen LogP contribution in [0.4, 0.5) is 0 Å². The first-order valence-corrected chi connectivity index (χ1v) is 4.51. The summed E-state index contributed by atoms with van der Waals surface area (Å²) in [5.74, 6) is 1.30. The molecule has 0 spiro atoms. The third-order valence-electron chi connectivity index (χ3n) is 2.11. The van der Waals surface area contributed by atoms with Crippen molar-refractivity contribution in [3.63, 3.8) is 0 Å². The molecule has 1 atom stereocenters. The molecule has 0 aromatic rings. The maximum atomic E-state index is 3.32. The Balaban J connectivity index is 4.16. The molecule has 0 rings (SSSR count). The summed E-state index contributed by atoms with van der Waals surface area (Å²) in [4.78, 5) is 0. The fourth-order valence-electron chi connectivity index (χ4n) is 0.558. The zero-order valence-electron chi connectivity index (χ0n) is 8.44. The van der Waals surface area contributed by atoms with Gasteiger partial charge in [-0.3, -0.25) is 0 Å². The first kappa shape index (κ1) is 10.5. The molecule has 1 unspecified atom stereocenters. The molecule has 0 aliphatic carbocycles. The average molecular weight is 152 g/mol. The summed E-state index contributed by atoms with van der Waals surface area (Å²) in [6.45, 7) is 11.0. The third kappa shape index (κ3) is 4.86. The van der Waals surface area contributed by atoms with Crippen LogP contribution >= 0.6 is 0 Å². The minimum Gasteiger partial charge on any atom is -0.126 e. The molecular formula is C11H20. The summed E-state index contributed by atoms with van der Waals surface area (Å²) < 4.78 is 0. The third-order valence-corrected chi connectivity index (χ3v) is 2.11. The fraction of sp³-hybridized carbons (Fsp3) is 0.727. The highest BCUT2D eigenvalue weighted by atomic mass is 14.0. The maximum Gasteiger partial charge on any atom is -0.0187 e. The molecule has 0 aliphatic heterocycles. The van der Waals surface area contributed by atoms with Gasteiger partial charge in [-0.25, -0.2) is 0 Å². The quantitative estimate of drug-likeness (QED) is 0.540. The molecule has 0 bridgehead atoms. The predicted octanol–water partition coefficient (Wildman–Crippen LogP) is 3.79. The van der Waals surface area contributed by atoms with Gasteiger partial charge in [0.15, 0.2) is 0 Å². The van der Waals surface area contributed by atoms with Gasteiger partial charge in [0.2, 0.25) is 0 Å². The lowest BCUT2D eigenvalue weighted by molar-refractivity contribution is 0.696. The van der Waals surface area contributed by atoms with E-state index in [0.29, 0.717) is 11.8 Å². The van der Waals surface area contributed by atoms with E-state index in [-0.39, 0.29) is 0 Å². The summed E-state index contributed by atoms with van der Waals surface area (Å²) in [5, 5.41) is 0. The molecule has 0 heteroatoms. The Morgan fingerprint density at radius 2 is 1.91 bits per heavy atom. The van der Waals surface area contributed by atoms with Gasteiger partial charge in [0, 0.05) is 0 Å². The Morgan fingerprint density at radius 3 is 2.27 bits per heavy atom. The molecular weight excluding hydrogens is 132 g/mol. The zero-order chi connectivity index (χ0) is 8.85. The second-order valence-corrected chi connectivity index (χ2v) is 3.53.